The summed E-state index contributed by atoms with van der Waals surface area (Å²) >= 11 is 0. The lowest BCUT2D eigenvalue weighted by atomic mass is 10.2. The van der Waals surface area contributed by atoms with Gasteiger partial charge in [-0.05, 0) is 25.2 Å². The lowest BCUT2D eigenvalue weighted by molar-refractivity contribution is -0.154. The summed E-state index contributed by atoms with van der Waals surface area (Å²) in [6.45, 7) is 3.19. The van der Waals surface area contributed by atoms with Gasteiger partial charge in [0, 0.05) is 62.5 Å². The van der Waals surface area contributed by atoms with Crippen LogP contribution in [0.15, 0.2) is 30.5 Å². The van der Waals surface area contributed by atoms with Crippen LogP contribution in [-0.4, -0.2) is 72.7 Å². The van der Waals surface area contributed by atoms with E-state index in [0.717, 1.165) is 13.1 Å². The molecule has 3 heterocycles. The largest absolute Gasteiger partial charge is 0.468 e. The molecular weight excluding hydrogens is 453 g/mol. The first-order valence-electron chi connectivity index (χ1n) is 10.8. The molecule has 1 saturated heterocycles. The number of carbonyl (C=O) groups excluding carboxylic acids is 2. The van der Waals surface area contributed by atoms with E-state index in [4.69, 9.17) is 4.74 Å². The normalized spacial score (nSPS) is 14.6. The van der Waals surface area contributed by atoms with E-state index in [1.54, 1.807) is 13.0 Å². The van der Waals surface area contributed by atoms with Crippen molar-refractivity contribution in [3.05, 3.63) is 41.6 Å². The highest BCUT2D eigenvalue weighted by Gasteiger charge is 2.29. The van der Waals surface area contributed by atoms with Gasteiger partial charge in [0.1, 0.15) is 11.6 Å². The van der Waals surface area contributed by atoms with Gasteiger partial charge in [0.05, 0.1) is 0 Å². The van der Waals surface area contributed by atoms with E-state index < -0.39 is 18.7 Å². The maximum Gasteiger partial charge on any atom is 0.422 e. The molecule has 1 aliphatic heterocycles. The SMILES string of the molecule is CCC(=O)Nc1cc(C(=O)NCc2ccc(OCC(F)(F)F)nc2N2CCN(C)CC2)ccn1. The zero-order chi connectivity index (χ0) is 24.7. The third kappa shape index (κ3) is 7.30. The summed E-state index contributed by atoms with van der Waals surface area (Å²) in [7, 11) is 1.99. The fourth-order valence-electron chi connectivity index (χ4n) is 3.27. The summed E-state index contributed by atoms with van der Waals surface area (Å²) in [5.41, 5.74) is 0.950. The minimum Gasteiger partial charge on any atom is -0.468 e. The Morgan fingerprint density at radius 1 is 1.15 bits per heavy atom. The number of halogens is 3. The van der Waals surface area contributed by atoms with Crippen molar-refractivity contribution < 1.29 is 27.5 Å². The number of ether oxygens (including phenoxy) is 1. The number of nitrogens with zero attached hydrogens (tertiary/aromatic N) is 4. The number of carbonyl (C=O) groups is 2. The Hall–Kier alpha value is -3.41. The average Bonchev–Trinajstić information content (AvgIpc) is 2.81. The predicted molar refractivity (Wildman–Crippen MR) is 120 cm³/mol. The number of piperazine rings is 1. The van der Waals surface area contributed by atoms with Crippen molar-refractivity contribution in [2.75, 3.05) is 50.1 Å². The summed E-state index contributed by atoms with van der Waals surface area (Å²) < 4.78 is 42.5. The van der Waals surface area contributed by atoms with Gasteiger partial charge < -0.3 is 25.2 Å². The van der Waals surface area contributed by atoms with Gasteiger partial charge in [-0.25, -0.2) is 4.98 Å². The second-order valence-corrected chi connectivity index (χ2v) is 7.84. The first-order valence-corrected chi connectivity index (χ1v) is 10.8. The van der Waals surface area contributed by atoms with Crippen molar-refractivity contribution in [3.8, 4) is 5.88 Å². The molecule has 0 aromatic carbocycles. The van der Waals surface area contributed by atoms with Gasteiger partial charge in [-0.3, -0.25) is 9.59 Å². The molecule has 0 spiro atoms. The Bertz CT molecular complexity index is 1010. The van der Waals surface area contributed by atoms with E-state index in [1.165, 1.54) is 24.4 Å². The van der Waals surface area contributed by atoms with Crippen molar-refractivity contribution in [2.45, 2.75) is 26.1 Å². The van der Waals surface area contributed by atoms with Crippen LogP contribution in [0.5, 0.6) is 5.88 Å². The third-order valence-electron chi connectivity index (χ3n) is 5.17. The molecule has 3 rings (SSSR count). The highest BCUT2D eigenvalue weighted by atomic mass is 19.4. The molecule has 0 radical (unpaired) electrons. The van der Waals surface area contributed by atoms with Crippen LogP contribution in [0.1, 0.15) is 29.3 Å². The lowest BCUT2D eigenvalue weighted by Gasteiger charge is -2.34. The van der Waals surface area contributed by atoms with Gasteiger partial charge in [0.2, 0.25) is 11.8 Å². The quantitative estimate of drug-likeness (QED) is 0.599. The maximum atomic E-state index is 12.7. The monoisotopic (exact) mass is 480 g/mol. The molecule has 0 bridgehead atoms. The van der Waals surface area contributed by atoms with Crippen LogP contribution in [0, 0.1) is 0 Å². The Balaban J connectivity index is 1.74. The zero-order valence-corrected chi connectivity index (χ0v) is 19.0. The number of rotatable bonds is 8. The molecule has 2 aromatic rings. The zero-order valence-electron chi connectivity index (χ0n) is 19.0. The Morgan fingerprint density at radius 3 is 2.56 bits per heavy atom. The first-order chi connectivity index (χ1) is 16.1. The first kappa shape index (κ1) is 25.2. The number of hydrogen-bond donors (Lipinski definition) is 2. The molecule has 0 saturated carbocycles. The van der Waals surface area contributed by atoms with Gasteiger partial charge in [0.25, 0.3) is 5.91 Å². The van der Waals surface area contributed by atoms with E-state index >= 15 is 0 Å². The highest BCUT2D eigenvalue weighted by Crippen LogP contribution is 2.25. The van der Waals surface area contributed by atoms with Gasteiger partial charge in [0.15, 0.2) is 6.61 Å². The number of alkyl halides is 3. The van der Waals surface area contributed by atoms with E-state index in [0.29, 0.717) is 30.0 Å². The molecule has 0 unspecified atom stereocenters. The van der Waals surface area contributed by atoms with Crippen LogP contribution in [0.3, 0.4) is 0 Å². The molecule has 9 nitrogen and oxygen atoms in total. The third-order valence-corrected chi connectivity index (χ3v) is 5.17. The number of nitrogens with one attached hydrogen (secondary N) is 2. The number of amides is 2. The van der Waals surface area contributed by atoms with E-state index in [9.17, 15) is 22.8 Å². The number of aromatic nitrogens is 2. The van der Waals surface area contributed by atoms with Gasteiger partial charge in [-0.15, -0.1) is 0 Å². The molecule has 0 aliphatic carbocycles. The minimum atomic E-state index is -4.47. The molecule has 0 atom stereocenters. The van der Waals surface area contributed by atoms with Crippen molar-refractivity contribution in [1.29, 1.82) is 0 Å². The summed E-state index contributed by atoms with van der Waals surface area (Å²) in [6.07, 6.45) is -2.77. The molecule has 34 heavy (non-hydrogen) atoms. The molecule has 2 aromatic heterocycles. The van der Waals surface area contributed by atoms with E-state index in [1.807, 2.05) is 11.9 Å². The van der Waals surface area contributed by atoms with E-state index in [-0.39, 0.29) is 30.6 Å². The lowest BCUT2D eigenvalue weighted by Crippen LogP contribution is -2.45. The van der Waals surface area contributed by atoms with Crippen LogP contribution in [0.25, 0.3) is 0 Å². The van der Waals surface area contributed by atoms with Crippen LogP contribution >= 0.6 is 0 Å². The van der Waals surface area contributed by atoms with Gasteiger partial charge in [-0.2, -0.15) is 18.2 Å². The second-order valence-electron chi connectivity index (χ2n) is 7.84. The fourth-order valence-corrected chi connectivity index (χ4v) is 3.27. The molecule has 1 fully saturated rings. The van der Waals surface area contributed by atoms with Crippen molar-refractivity contribution in [1.82, 2.24) is 20.2 Å². The second kappa shape index (κ2) is 11.1. The number of pyridine rings is 2. The van der Waals surface area contributed by atoms with Crippen molar-refractivity contribution in [3.63, 3.8) is 0 Å². The molecule has 2 N–H and O–H groups in total. The molecule has 12 heteroatoms. The fraction of sp³-hybridized carbons (Fsp3) is 0.455. The summed E-state index contributed by atoms with van der Waals surface area (Å²) in [6, 6.07) is 5.95. The Labute approximate surface area is 195 Å². The summed E-state index contributed by atoms with van der Waals surface area (Å²) in [4.78, 5) is 36.7. The smallest absolute Gasteiger partial charge is 0.422 e. The predicted octanol–water partition coefficient (Wildman–Crippen LogP) is 2.45. The van der Waals surface area contributed by atoms with Crippen LogP contribution in [0.4, 0.5) is 24.8 Å². The van der Waals surface area contributed by atoms with Crippen LogP contribution in [0.2, 0.25) is 0 Å². The van der Waals surface area contributed by atoms with Gasteiger partial charge in [-0.1, -0.05) is 6.92 Å². The van der Waals surface area contributed by atoms with E-state index in [2.05, 4.69) is 25.5 Å². The minimum absolute atomic E-state index is 0.103. The Morgan fingerprint density at radius 2 is 1.88 bits per heavy atom. The maximum absolute atomic E-state index is 12.7. The molecular formula is C22H27F3N6O3. The number of likely N-dealkylation sites (N-methyl/N-ethyl adjacent to an activating group) is 1. The highest BCUT2D eigenvalue weighted by molar-refractivity contribution is 5.96. The average molecular weight is 480 g/mol. The van der Waals surface area contributed by atoms with Gasteiger partial charge >= 0.3 is 6.18 Å². The molecule has 1 aliphatic rings. The molecule has 184 valence electrons. The summed E-state index contributed by atoms with van der Waals surface area (Å²) in [5, 5.41) is 5.40. The van der Waals surface area contributed by atoms with Crippen molar-refractivity contribution >= 4 is 23.5 Å². The summed E-state index contributed by atoms with van der Waals surface area (Å²) in [5.74, 6) is -0.00663. The molecule has 2 amide bonds. The van der Waals surface area contributed by atoms with Crippen LogP contribution in [-0.2, 0) is 11.3 Å². The number of anilines is 2. The van der Waals surface area contributed by atoms with Crippen LogP contribution < -0.4 is 20.3 Å². The Kier molecular flexibility index (Phi) is 8.26. The number of hydrogen-bond acceptors (Lipinski definition) is 7. The topological polar surface area (TPSA) is 99.7 Å². The standard InChI is InChI=1S/C22H27F3N6O3/c1-3-18(32)28-17-12-15(6-7-26-17)21(33)27-13-16-4-5-19(34-14-22(23,24)25)29-20(16)31-10-8-30(2)9-11-31/h4-7,12H,3,8-11,13-14H2,1-2H3,(H,27,33)(H,26,28,32). The van der Waals surface area contributed by atoms with Crippen molar-refractivity contribution in [2.24, 2.45) is 0 Å².